The lowest BCUT2D eigenvalue weighted by Gasteiger charge is -1.90. The van der Waals surface area contributed by atoms with Gasteiger partial charge in [0.05, 0.1) is 4.47 Å². The molecule has 0 unspecified atom stereocenters. The van der Waals surface area contributed by atoms with Gasteiger partial charge in [-0.1, -0.05) is 0 Å². The maximum Gasteiger partial charge on any atom is 0.135 e. The molecule has 2 aromatic rings. The standard InChI is InChI=1S/C8H6BrNO/c9-7-4-11-8-2-1-5(10)3-6(7)8/h1-4H,10H2. The molecule has 0 fully saturated rings. The lowest BCUT2D eigenvalue weighted by molar-refractivity contribution is 0.614. The van der Waals surface area contributed by atoms with Crippen molar-refractivity contribution >= 4 is 32.6 Å². The predicted molar refractivity (Wildman–Crippen MR) is 48.3 cm³/mol. The van der Waals surface area contributed by atoms with Crippen molar-refractivity contribution in [3.63, 3.8) is 0 Å². The molecule has 0 aliphatic carbocycles. The highest BCUT2D eigenvalue weighted by Crippen LogP contribution is 2.27. The Kier molecular flexibility index (Phi) is 1.39. The van der Waals surface area contributed by atoms with Crippen LogP contribution in [-0.4, -0.2) is 0 Å². The van der Waals surface area contributed by atoms with Crippen LogP contribution < -0.4 is 5.73 Å². The van der Waals surface area contributed by atoms with E-state index in [0.717, 1.165) is 21.1 Å². The number of furan rings is 1. The Morgan fingerprint density at radius 1 is 1.36 bits per heavy atom. The number of nitrogens with two attached hydrogens (primary N) is 1. The van der Waals surface area contributed by atoms with Crippen molar-refractivity contribution in [2.75, 3.05) is 5.73 Å². The minimum Gasteiger partial charge on any atom is -0.463 e. The van der Waals surface area contributed by atoms with Gasteiger partial charge in [-0.15, -0.1) is 0 Å². The summed E-state index contributed by atoms with van der Waals surface area (Å²) in [4.78, 5) is 0. The van der Waals surface area contributed by atoms with Crippen molar-refractivity contribution in [3.05, 3.63) is 28.9 Å². The summed E-state index contributed by atoms with van der Waals surface area (Å²) in [5.74, 6) is 0. The van der Waals surface area contributed by atoms with Gasteiger partial charge < -0.3 is 10.2 Å². The summed E-state index contributed by atoms with van der Waals surface area (Å²) in [5, 5.41) is 1.02. The number of hydrogen-bond acceptors (Lipinski definition) is 2. The normalized spacial score (nSPS) is 10.6. The predicted octanol–water partition coefficient (Wildman–Crippen LogP) is 2.78. The topological polar surface area (TPSA) is 39.2 Å². The zero-order valence-corrected chi connectivity index (χ0v) is 7.26. The SMILES string of the molecule is Nc1ccc2occ(Br)c2c1. The summed E-state index contributed by atoms with van der Waals surface area (Å²) in [6.45, 7) is 0. The number of rotatable bonds is 0. The Bertz CT molecular complexity index is 394. The maximum atomic E-state index is 5.59. The molecule has 1 aromatic carbocycles. The van der Waals surface area contributed by atoms with E-state index in [1.807, 2.05) is 18.2 Å². The molecule has 0 spiro atoms. The van der Waals surface area contributed by atoms with Gasteiger partial charge in [-0.2, -0.15) is 0 Å². The molecule has 0 saturated heterocycles. The van der Waals surface area contributed by atoms with Crippen LogP contribution in [0.1, 0.15) is 0 Å². The third-order valence-corrected chi connectivity index (χ3v) is 2.16. The van der Waals surface area contributed by atoms with E-state index in [0.29, 0.717) is 0 Å². The third-order valence-electron chi connectivity index (χ3n) is 1.55. The van der Waals surface area contributed by atoms with Crippen LogP contribution in [0.15, 0.2) is 33.4 Å². The molecular weight excluding hydrogens is 206 g/mol. The number of halogens is 1. The lowest BCUT2D eigenvalue weighted by Crippen LogP contribution is -1.81. The number of hydrogen-bond donors (Lipinski definition) is 1. The van der Waals surface area contributed by atoms with Gasteiger partial charge in [0.15, 0.2) is 0 Å². The highest BCUT2D eigenvalue weighted by Gasteiger charge is 2.01. The molecule has 56 valence electrons. The zero-order valence-electron chi connectivity index (χ0n) is 5.67. The number of fused-ring (bicyclic) bond motifs is 1. The average molecular weight is 212 g/mol. The fraction of sp³-hybridized carbons (Fsp3) is 0. The van der Waals surface area contributed by atoms with Crippen molar-refractivity contribution in [3.8, 4) is 0 Å². The van der Waals surface area contributed by atoms with Crippen LogP contribution >= 0.6 is 15.9 Å². The number of nitrogen functional groups attached to an aromatic ring is 1. The summed E-state index contributed by atoms with van der Waals surface area (Å²) < 4.78 is 6.15. The third kappa shape index (κ3) is 1.01. The molecule has 2 N–H and O–H groups in total. The highest BCUT2D eigenvalue weighted by molar-refractivity contribution is 9.10. The Balaban J connectivity index is 2.87. The van der Waals surface area contributed by atoms with E-state index < -0.39 is 0 Å². The van der Waals surface area contributed by atoms with Crippen LogP contribution in [-0.2, 0) is 0 Å². The molecule has 0 bridgehead atoms. The van der Waals surface area contributed by atoms with E-state index in [1.165, 1.54) is 0 Å². The lowest BCUT2D eigenvalue weighted by atomic mass is 10.2. The van der Waals surface area contributed by atoms with Crippen molar-refractivity contribution in [1.82, 2.24) is 0 Å². The van der Waals surface area contributed by atoms with Gasteiger partial charge in [-0.3, -0.25) is 0 Å². The van der Waals surface area contributed by atoms with E-state index in [4.69, 9.17) is 10.2 Å². The van der Waals surface area contributed by atoms with Gasteiger partial charge in [0.25, 0.3) is 0 Å². The van der Waals surface area contributed by atoms with Gasteiger partial charge >= 0.3 is 0 Å². The fourth-order valence-corrected chi connectivity index (χ4v) is 1.42. The summed E-state index contributed by atoms with van der Waals surface area (Å²) in [6, 6.07) is 5.55. The first-order chi connectivity index (χ1) is 5.27. The van der Waals surface area contributed by atoms with Gasteiger partial charge in [-0.25, -0.2) is 0 Å². The Morgan fingerprint density at radius 2 is 2.18 bits per heavy atom. The second-order valence-corrected chi connectivity index (χ2v) is 3.19. The van der Waals surface area contributed by atoms with Gasteiger partial charge in [0.1, 0.15) is 11.8 Å². The van der Waals surface area contributed by atoms with Crippen molar-refractivity contribution < 1.29 is 4.42 Å². The van der Waals surface area contributed by atoms with Crippen molar-refractivity contribution in [1.29, 1.82) is 0 Å². The largest absolute Gasteiger partial charge is 0.463 e. The van der Waals surface area contributed by atoms with Gasteiger partial charge in [0.2, 0.25) is 0 Å². The number of benzene rings is 1. The molecule has 1 heterocycles. The van der Waals surface area contributed by atoms with Crippen molar-refractivity contribution in [2.45, 2.75) is 0 Å². The van der Waals surface area contributed by atoms with Crippen LogP contribution in [0.3, 0.4) is 0 Å². The molecule has 11 heavy (non-hydrogen) atoms. The second kappa shape index (κ2) is 2.27. The molecule has 0 atom stereocenters. The van der Waals surface area contributed by atoms with E-state index in [2.05, 4.69) is 15.9 Å². The summed E-state index contributed by atoms with van der Waals surface area (Å²) in [7, 11) is 0. The molecule has 1 aromatic heterocycles. The first-order valence-electron chi connectivity index (χ1n) is 3.19. The van der Waals surface area contributed by atoms with Crippen LogP contribution in [0.2, 0.25) is 0 Å². The second-order valence-electron chi connectivity index (χ2n) is 2.34. The Morgan fingerprint density at radius 3 is 3.00 bits per heavy atom. The van der Waals surface area contributed by atoms with Crippen LogP contribution in [0, 0.1) is 0 Å². The first kappa shape index (κ1) is 6.73. The summed E-state index contributed by atoms with van der Waals surface area (Å²) in [5.41, 5.74) is 7.19. The average Bonchev–Trinajstić information content (AvgIpc) is 2.33. The zero-order chi connectivity index (χ0) is 7.84. The molecule has 0 radical (unpaired) electrons. The van der Waals surface area contributed by atoms with Crippen molar-refractivity contribution in [2.24, 2.45) is 0 Å². The first-order valence-corrected chi connectivity index (χ1v) is 3.99. The van der Waals surface area contributed by atoms with Crippen LogP contribution in [0.25, 0.3) is 11.0 Å². The Labute approximate surface area is 72.1 Å². The smallest absolute Gasteiger partial charge is 0.135 e. The quantitative estimate of drug-likeness (QED) is 0.682. The minimum atomic E-state index is 0.750. The summed E-state index contributed by atoms with van der Waals surface area (Å²) >= 11 is 3.35. The van der Waals surface area contributed by atoms with Gasteiger partial charge in [0, 0.05) is 11.1 Å². The molecule has 2 rings (SSSR count). The van der Waals surface area contributed by atoms with E-state index in [9.17, 15) is 0 Å². The van der Waals surface area contributed by atoms with Crippen LogP contribution in [0.5, 0.6) is 0 Å². The highest BCUT2D eigenvalue weighted by atomic mass is 79.9. The summed E-state index contributed by atoms with van der Waals surface area (Å²) in [6.07, 6.45) is 1.66. The molecule has 0 amide bonds. The molecule has 2 nitrogen and oxygen atoms in total. The minimum absolute atomic E-state index is 0.750. The molecule has 3 heteroatoms. The molecule has 0 saturated carbocycles. The Hall–Kier alpha value is -0.960. The van der Waals surface area contributed by atoms with E-state index >= 15 is 0 Å². The van der Waals surface area contributed by atoms with E-state index in [1.54, 1.807) is 6.26 Å². The monoisotopic (exact) mass is 211 g/mol. The number of anilines is 1. The molecular formula is C8H6BrNO. The fourth-order valence-electron chi connectivity index (χ4n) is 1.02. The van der Waals surface area contributed by atoms with Gasteiger partial charge in [-0.05, 0) is 34.1 Å². The maximum absolute atomic E-state index is 5.59. The van der Waals surface area contributed by atoms with E-state index in [-0.39, 0.29) is 0 Å². The molecule has 0 aliphatic heterocycles. The molecule has 0 aliphatic rings. The van der Waals surface area contributed by atoms with Crippen LogP contribution in [0.4, 0.5) is 5.69 Å².